The highest BCUT2D eigenvalue weighted by Crippen LogP contribution is 2.13. The summed E-state index contributed by atoms with van der Waals surface area (Å²) < 4.78 is 10.6. The second-order valence-electron chi connectivity index (χ2n) is 3.82. The zero-order chi connectivity index (χ0) is 12.6. The molecule has 0 amide bonds. The van der Waals surface area contributed by atoms with E-state index in [9.17, 15) is 0 Å². The van der Waals surface area contributed by atoms with Crippen molar-refractivity contribution in [3.8, 4) is 18.1 Å². The van der Waals surface area contributed by atoms with Crippen molar-refractivity contribution in [1.29, 1.82) is 0 Å². The zero-order valence-corrected chi connectivity index (χ0v) is 11.3. The molecule has 0 aliphatic heterocycles. The summed E-state index contributed by atoms with van der Waals surface area (Å²) in [4.78, 5) is 0. The molecule has 1 aromatic heterocycles. The molecule has 1 aromatic carbocycles. The summed E-state index contributed by atoms with van der Waals surface area (Å²) in [6.45, 7) is 1.76. The van der Waals surface area contributed by atoms with Gasteiger partial charge in [-0.05, 0) is 29.8 Å². The van der Waals surface area contributed by atoms with Gasteiger partial charge in [-0.25, -0.2) is 0 Å². The summed E-state index contributed by atoms with van der Waals surface area (Å²) in [6.07, 6.45) is 6.82. The van der Waals surface area contributed by atoms with Crippen LogP contribution in [0.15, 0.2) is 47.1 Å². The Labute approximate surface area is 119 Å². The van der Waals surface area contributed by atoms with Gasteiger partial charge in [0.05, 0.1) is 12.8 Å². The SMILES string of the molecule is C#CCOc1cccc(CNCc2ccco2)c1.Cl. The molecular weight excluding hydrogens is 262 g/mol. The summed E-state index contributed by atoms with van der Waals surface area (Å²) in [6, 6.07) is 11.7. The van der Waals surface area contributed by atoms with Gasteiger partial charge in [0, 0.05) is 6.54 Å². The molecule has 0 bridgehead atoms. The van der Waals surface area contributed by atoms with E-state index in [0.29, 0.717) is 13.2 Å². The van der Waals surface area contributed by atoms with Crippen LogP contribution in [0.1, 0.15) is 11.3 Å². The van der Waals surface area contributed by atoms with Crippen molar-refractivity contribution in [3.63, 3.8) is 0 Å². The number of nitrogens with one attached hydrogen (secondary N) is 1. The average molecular weight is 278 g/mol. The molecule has 0 aliphatic rings. The minimum atomic E-state index is 0. The van der Waals surface area contributed by atoms with E-state index in [-0.39, 0.29) is 12.4 Å². The van der Waals surface area contributed by atoms with E-state index in [1.165, 1.54) is 0 Å². The number of rotatable bonds is 6. The fourth-order valence-corrected chi connectivity index (χ4v) is 1.61. The number of terminal acetylenes is 1. The molecule has 4 heteroatoms. The molecule has 0 saturated heterocycles. The predicted molar refractivity (Wildman–Crippen MR) is 77.3 cm³/mol. The van der Waals surface area contributed by atoms with Crippen LogP contribution in [0.4, 0.5) is 0 Å². The van der Waals surface area contributed by atoms with Crippen LogP contribution in [0.25, 0.3) is 0 Å². The maximum absolute atomic E-state index is 5.37. The maximum atomic E-state index is 5.37. The van der Waals surface area contributed by atoms with Gasteiger partial charge < -0.3 is 14.5 Å². The van der Waals surface area contributed by atoms with Crippen LogP contribution in [-0.2, 0) is 13.1 Å². The van der Waals surface area contributed by atoms with Gasteiger partial charge in [-0.2, -0.15) is 0 Å². The molecule has 3 nitrogen and oxygen atoms in total. The highest BCUT2D eigenvalue weighted by Gasteiger charge is 1.98. The summed E-state index contributed by atoms with van der Waals surface area (Å²) >= 11 is 0. The van der Waals surface area contributed by atoms with Gasteiger partial charge in [0.2, 0.25) is 0 Å². The maximum Gasteiger partial charge on any atom is 0.148 e. The van der Waals surface area contributed by atoms with Crippen molar-refractivity contribution in [1.82, 2.24) is 5.32 Å². The van der Waals surface area contributed by atoms with Crippen LogP contribution in [0.2, 0.25) is 0 Å². The fraction of sp³-hybridized carbons (Fsp3) is 0.200. The van der Waals surface area contributed by atoms with Gasteiger partial charge in [0.25, 0.3) is 0 Å². The first-order valence-electron chi connectivity index (χ1n) is 5.77. The first-order valence-corrected chi connectivity index (χ1v) is 5.77. The second-order valence-corrected chi connectivity index (χ2v) is 3.82. The van der Waals surface area contributed by atoms with E-state index in [4.69, 9.17) is 15.6 Å². The van der Waals surface area contributed by atoms with Crippen molar-refractivity contribution < 1.29 is 9.15 Å². The van der Waals surface area contributed by atoms with E-state index < -0.39 is 0 Å². The van der Waals surface area contributed by atoms with Crippen molar-refractivity contribution >= 4 is 12.4 Å². The van der Waals surface area contributed by atoms with E-state index in [1.807, 2.05) is 36.4 Å². The normalized spacial score (nSPS) is 9.42. The first-order chi connectivity index (χ1) is 8.88. The van der Waals surface area contributed by atoms with Crippen LogP contribution < -0.4 is 10.1 Å². The van der Waals surface area contributed by atoms with Gasteiger partial charge in [-0.1, -0.05) is 18.1 Å². The van der Waals surface area contributed by atoms with Gasteiger partial charge in [-0.3, -0.25) is 0 Å². The minimum Gasteiger partial charge on any atom is -0.481 e. The molecule has 1 N–H and O–H groups in total. The highest BCUT2D eigenvalue weighted by molar-refractivity contribution is 5.85. The molecule has 2 rings (SSSR count). The monoisotopic (exact) mass is 277 g/mol. The van der Waals surface area contributed by atoms with Crippen LogP contribution in [-0.4, -0.2) is 6.61 Å². The van der Waals surface area contributed by atoms with Crippen molar-refractivity contribution in [2.24, 2.45) is 0 Å². The summed E-state index contributed by atoms with van der Waals surface area (Å²) in [7, 11) is 0. The van der Waals surface area contributed by atoms with Crippen LogP contribution in [0.3, 0.4) is 0 Å². The number of halogens is 1. The van der Waals surface area contributed by atoms with Gasteiger partial charge >= 0.3 is 0 Å². The third kappa shape index (κ3) is 5.09. The van der Waals surface area contributed by atoms with Crippen molar-refractivity contribution in [3.05, 3.63) is 54.0 Å². The smallest absolute Gasteiger partial charge is 0.148 e. The molecule has 0 fully saturated rings. The Morgan fingerprint density at radius 3 is 2.84 bits per heavy atom. The highest BCUT2D eigenvalue weighted by atomic mass is 35.5. The number of ether oxygens (including phenoxy) is 1. The number of hydrogen-bond donors (Lipinski definition) is 1. The standard InChI is InChI=1S/C15H15NO2.ClH/c1-2-8-17-14-6-3-5-13(10-14)11-16-12-15-7-4-9-18-15;/h1,3-7,9-10,16H,8,11-12H2;1H. The lowest BCUT2D eigenvalue weighted by Crippen LogP contribution is -2.12. The van der Waals surface area contributed by atoms with Crippen LogP contribution >= 0.6 is 12.4 Å². The molecule has 0 atom stereocenters. The topological polar surface area (TPSA) is 34.4 Å². The molecule has 0 unspecified atom stereocenters. The van der Waals surface area contributed by atoms with E-state index in [2.05, 4.69) is 11.2 Å². The number of benzene rings is 1. The second kappa shape index (κ2) is 8.25. The van der Waals surface area contributed by atoms with Crippen LogP contribution in [0, 0.1) is 12.3 Å². The Balaban J connectivity index is 0.00000180. The first kappa shape index (κ1) is 15.2. The molecule has 2 aromatic rings. The van der Waals surface area contributed by atoms with Gasteiger partial charge in [0.1, 0.15) is 18.1 Å². The summed E-state index contributed by atoms with van der Waals surface area (Å²) in [5.41, 5.74) is 1.15. The molecule has 0 spiro atoms. The molecule has 0 saturated carbocycles. The van der Waals surface area contributed by atoms with Crippen molar-refractivity contribution in [2.75, 3.05) is 6.61 Å². The third-order valence-corrected chi connectivity index (χ3v) is 2.43. The molecular formula is C15H16ClNO2. The van der Waals surface area contributed by atoms with E-state index in [0.717, 1.165) is 23.6 Å². The Morgan fingerprint density at radius 2 is 2.11 bits per heavy atom. The van der Waals surface area contributed by atoms with E-state index >= 15 is 0 Å². The quantitative estimate of drug-likeness (QED) is 0.824. The Hall–Kier alpha value is -1.89. The van der Waals surface area contributed by atoms with E-state index in [1.54, 1.807) is 6.26 Å². The largest absolute Gasteiger partial charge is 0.481 e. The number of hydrogen-bond acceptors (Lipinski definition) is 3. The third-order valence-electron chi connectivity index (χ3n) is 2.43. The molecule has 0 radical (unpaired) electrons. The molecule has 19 heavy (non-hydrogen) atoms. The molecule has 0 aliphatic carbocycles. The average Bonchev–Trinajstić information content (AvgIpc) is 2.90. The van der Waals surface area contributed by atoms with Gasteiger partial charge in [0.15, 0.2) is 0 Å². The summed E-state index contributed by atoms with van der Waals surface area (Å²) in [5, 5.41) is 3.30. The predicted octanol–water partition coefficient (Wildman–Crippen LogP) is 3.00. The van der Waals surface area contributed by atoms with Gasteiger partial charge in [-0.15, -0.1) is 18.8 Å². The lowest BCUT2D eigenvalue weighted by atomic mass is 10.2. The minimum absolute atomic E-state index is 0. The zero-order valence-electron chi connectivity index (χ0n) is 10.5. The lowest BCUT2D eigenvalue weighted by Gasteiger charge is -2.06. The lowest BCUT2D eigenvalue weighted by molar-refractivity contribution is 0.370. The Kier molecular flexibility index (Phi) is 6.59. The Morgan fingerprint density at radius 1 is 1.21 bits per heavy atom. The number of furan rings is 1. The summed E-state index contributed by atoms with van der Waals surface area (Å²) in [5.74, 6) is 4.17. The van der Waals surface area contributed by atoms with Crippen LogP contribution in [0.5, 0.6) is 5.75 Å². The molecule has 1 heterocycles. The fourth-order valence-electron chi connectivity index (χ4n) is 1.61. The van der Waals surface area contributed by atoms with Crippen molar-refractivity contribution in [2.45, 2.75) is 13.1 Å². The Bertz CT molecular complexity index is 517. The molecule has 100 valence electrons.